The second kappa shape index (κ2) is 4.72. The third-order valence-electron chi connectivity index (χ3n) is 2.78. The molecule has 0 saturated carbocycles. The number of ether oxygens (including phenoxy) is 1. The van der Waals surface area contributed by atoms with E-state index in [-0.39, 0.29) is 18.0 Å². The first kappa shape index (κ1) is 11.9. The van der Waals surface area contributed by atoms with E-state index in [1.165, 1.54) is 6.07 Å². The smallest absolute Gasteiger partial charge is 0.141 e. The standard InChI is InChI=1S/C12H15BrFNO/c1-3-4-15-12-7(2)16-11-6-10(14)9(13)5-8(11)12/h5-7,12,15H,3-4H2,1-2H3. The van der Waals surface area contributed by atoms with Gasteiger partial charge in [-0.25, -0.2) is 4.39 Å². The van der Waals surface area contributed by atoms with Crippen LogP contribution in [0.3, 0.4) is 0 Å². The lowest BCUT2D eigenvalue weighted by molar-refractivity contribution is 0.209. The van der Waals surface area contributed by atoms with Crippen molar-refractivity contribution < 1.29 is 9.13 Å². The molecule has 1 aliphatic rings. The Balaban J connectivity index is 2.29. The zero-order valence-corrected chi connectivity index (χ0v) is 11.0. The molecule has 16 heavy (non-hydrogen) atoms. The summed E-state index contributed by atoms with van der Waals surface area (Å²) in [4.78, 5) is 0. The Hall–Kier alpha value is -0.610. The van der Waals surface area contributed by atoms with E-state index in [4.69, 9.17) is 4.74 Å². The Labute approximate surface area is 103 Å². The summed E-state index contributed by atoms with van der Waals surface area (Å²) in [5.74, 6) is 0.379. The number of nitrogens with one attached hydrogen (secondary N) is 1. The molecule has 0 bridgehead atoms. The molecule has 1 aromatic rings. The van der Waals surface area contributed by atoms with Crippen molar-refractivity contribution in [2.45, 2.75) is 32.4 Å². The van der Waals surface area contributed by atoms with E-state index >= 15 is 0 Å². The Morgan fingerprint density at radius 3 is 2.94 bits per heavy atom. The molecule has 88 valence electrons. The number of hydrogen-bond donors (Lipinski definition) is 1. The fraction of sp³-hybridized carbons (Fsp3) is 0.500. The van der Waals surface area contributed by atoms with Crippen LogP contribution in [-0.2, 0) is 0 Å². The summed E-state index contributed by atoms with van der Waals surface area (Å²) in [6.45, 7) is 5.06. The molecule has 1 heterocycles. The third-order valence-corrected chi connectivity index (χ3v) is 3.39. The molecule has 4 heteroatoms. The molecule has 0 saturated heterocycles. The van der Waals surface area contributed by atoms with Crippen LogP contribution < -0.4 is 10.1 Å². The monoisotopic (exact) mass is 287 g/mol. The molecule has 2 unspecified atom stereocenters. The van der Waals surface area contributed by atoms with E-state index < -0.39 is 0 Å². The van der Waals surface area contributed by atoms with Crippen LogP contribution in [0.15, 0.2) is 16.6 Å². The molecule has 2 atom stereocenters. The van der Waals surface area contributed by atoms with Gasteiger partial charge in [-0.05, 0) is 41.9 Å². The van der Waals surface area contributed by atoms with Gasteiger partial charge in [0.25, 0.3) is 0 Å². The summed E-state index contributed by atoms with van der Waals surface area (Å²) in [5.41, 5.74) is 1.04. The van der Waals surface area contributed by atoms with E-state index in [1.54, 1.807) is 0 Å². The van der Waals surface area contributed by atoms with Gasteiger partial charge in [-0.3, -0.25) is 0 Å². The van der Waals surface area contributed by atoms with Crippen LogP contribution in [0.4, 0.5) is 4.39 Å². The molecular formula is C12H15BrFNO. The average Bonchev–Trinajstić information content (AvgIpc) is 2.52. The maximum Gasteiger partial charge on any atom is 0.141 e. The minimum atomic E-state index is -0.276. The number of benzene rings is 1. The fourth-order valence-corrected chi connectivity index (χ4v) is 2.35. The zero-order chi connectivity index (χ0) is 11.7. The second-order valence-corrected chi connectivity index (χ2v) is 4.91. The molecule has 0 aromatic heterocycles. The van der Waals surface area contributed by atoms with Crippen LogP contribution in [0.25, 0.3) is 0 Å². The Kier molecular flexibility index (Phi) is 3.50. The number of rotatable bonds is 3. The highest BCUT2D eigenvalue weighted by molar-refractivity contribution is 9.10. The Morgan fingerprint density at radius 1 is 1.50 bits per heavy atom. The van der Waals surface area contributed by atoms with E-state index in [2.05, 4.69) is 28.2 Å². The normalized spacial score (nSPS) is 23.0. The highest BCUT2D eigenvalue weighted by Crippen LogP contribution is 2.39. The van der Waals surface area contributed by atoms with E-state index in [0.717, 1.165) is 18.5 Å². The summed E-state index contributed by atoms with van der Waals surface area (Å²) < 4.78 is 19.5. The Bertz CT molecular complexity index is 397. The fourth-order valence-electron chi connectivity index (χ4n) is 1.99. The topological polar surface area (TPSA) is 21.3 Å². The molecular weight excluding hydrogens is 273 g/mol. The lowest BCUT2D eigenvalue weighted by Crippen LogP contribution is -2.29. The van der Waals surface area contributed by atoms with Gasteiger partial charge in [-0.2, -0.15) is 0 Å². The Morgan fingerprint density at radius 2 is 2.25 bits per heavy atom. The highest BCUT2D eigenvalue weighted by Gasteiger charge is 2.31. The molecule has 0 amide bonds. The first-order valence-electron chi connectivity index (χ1n) is 5.52. The number of halogens is 2. The van der Waals surface area contributed by atoms with Gasteiger partial charge < -0.3 is 10.1 Å². The molecule has 0 spiro atoms. The van der Waals surface area contributed by atoms with Gasteiger partial charge in [0.05, 0.1) is 10.5 Å². The van der Waals surface area contributed by atoms with Crippen LogP contribution in [0.2, 0.25) is 0 Å². The molecule has 1 N–H and O–H groups in total. The van der Waals surface area contributed by atoms with E-state index in [9.17, 15) is 4.39 Å². The predicted octanol–water partition coefficient (Wildman–Crippen LogP) is 3.41. The molecule has 0 radical (unpaired) electrons. The van der Waals surface area contributed by atoms with Gasteiger partial charge in [-0.15, -0.1) is 0 Å². The number of fused-ring (bicyclic) bond motifs is 1. The van der Waals surface area contributed by atoms with Crippen molar-refractivity contribution in [3.05, 3.63) is 28.0 Å². The molecule has 1 aromatic carbocycles. The van der Waals surface area contributed by atoms with Crippen molar-refractivity contribution in [2.75, 3.05) is 6.54 Å². The maximum atomic E-state index is 13.3. The van der Waals surface area contributed by atoms with Crippen LogP contribution >= 0.6 is 15.9 Å². The molecule has 2 rings (SSSR count). The van der Waals surface area contributed by atoms with Gasteiger partial charge in [0.1, 0.15) is 17.7 Å². The van der Waals surface area contributed by atoms with Crippen LogP contribution in [0, 0.1) is 5.82 Å². The summed E-state index contributed by atoms with van der Waals surface area (Å²) in [7, 11) is 0. The summed E-state index contributed by atoms with van der Waals surface area (Å²) >= 11 is 3.21. The van der Waals surface area contributed by atoms with Gasteiger partial charge in [0, 0.05) is 11.6 Å². The van der Waals surface area contributed by atoms with Crippen molar-refractivity contribution in [2.24, 2.45) is 0 Å². The first-order chi connectivity index (χ1) is 7.63. The minimum Gasteiger partial charge on any atom is -0.488 e. The second-order valence-electron chi connectivity index (χ2n) is 4.06. The summed E-state index contributed by atoms with van der Waals surface area (Å²) in [6.07, 6.45) is 1.12. The van der Waals surface area contributed by atoms with E-state index in [1.807, 2.05) is 13.0 Å². The van der Waals surface area contributed by atoms with Crippen molar-refractivity contribution in [1.29, 1.82) is 0 Å². The van der Waals surface area contributed by atoms with Gasteiger partial charge in [-0.1, -0.05) is 6.92 Å². The maximum absolute atomic E-state index is 13.3. The highest BCUT2D eigenvalue weighted by atomic mass is 79.9. The lowest BCUT2D eigenvalue weighted by atomic mass is 10.0. The van der Waals surface area contributed by atoms with Crippen LogP contribution in [-0.4, -0.2) is 12.6 Å². The molecule has 0 fully saturated rings. The largest absolute Gasteiger partial charge is 0.488 e. The SMILES string of the molecule is CCCNC1c2cc(Br)c(F)cc2OC1C. The van der Waals surface area contributed by atoms with Crippen molar-refractivity contribution in [3.63, 3.8) is 0 Å². The van der Waals surface area contributed by atoms with Gasteiger partial charge >= 0.3 is 0 Å². The van der Waals surface area contributed by atoms with Gasteiger partial charge in [0.2, 0.25) is 0 Å². The molecule has 0 aliphatic carbocycles. The average molecular weight is 288 g/mol. The number of hydrogen-bond acceptors (Lipinski definition) is 2. The summed E-state index contributed by atoms with van der Waals surface area (Å²) in [6, 6.07) is 3.41. The molecule has 1 aliphatic heterocycles. The first-order valence-corrected chi connectivity index (χ1v) is 6.31. The predicted molar refractivity (Wildman–Crippen MR) is 65.2 cm³/mol. The third kappa shape index (κ3) is 2.09. The van der Waals surface area contributed by atoms with Crippen molar-refractivity contribution in [3.8, 4) is 5.75 Å². The van der Waals surface area contributed by atoms with Crippen molar-refractivity contribution >= 4 is 15.9 Å². The van der Waals surface area contributed by atoms with E-state index in [0.29, 0.717) is 10.2 Å². The van der Waals surface area contributed by atoms with Crippen LogP contribution in [0.5, 0.6) is 5.75 Å². The van der Waals surface area contributed by atoms with Gasteiger partial charge in [0.15, 0.2) is 0 Å². The summed E-state index contributed by atoms with van der Waals surface area (Å²) in [5, 5.41) is 3.42. The lowest BCUT2D eigenvalue weighted by Gasteiger charge is -2.16. The zero-order valence-electron chi connectivity index (χ0n) is 9.39. The molecule has 2 nitrogen and oxygen atoms in total. The van der Waals surface area contributed by atoms with Crippen molar-refractivity contribution in [1.82, 2.24) is 5.32 Å². The quantitative estimate of drug-likeness (QED) is 0.920. The minimum absolute atomic E-state index is 0.0512. The van der Waals surface area contributed by atoms with Crippen LogP contribution in [0.1, 0.15) is 31.9 Å².